The maximum absolute atomic E-state index is 5.69. The van der Waals surface area contributed by atoms with Gasteiger partial charge in [-0.3, -0.25) is 4.98 Å². The Kier molecular flexibility index (Phi) is 5.82. The van der Waals surface area contributed by atoms with Gasteiger partial charge in [0.25, 0.3) is 0 Å². The van der Waals surface area contributed by atoms with Gasteiger partial charge in [0, 0.05) is 24.8 Å². The summed E-state index contributed by atoms with van der Waals surface area (Å²) in [6.07, 6.45) is 2.52. The number of hydrogen-bond donors (Lipinski definition) is 1. The molecule has 0 saturated carbocycles. The highest BCUT2D eigenvalue weighted by Gasteiger charge is 2.00. The summed E-state index contributed by atoms with van der Waals surface area (Å²) in [5.41, 5.74) is 6.68. The summed E-state index contributed by atoms with van der Waals surface area (Å²) in [6, 6.07) is 3.99. The van der Waals surface area contributed by atoms with Crippen LogP contribution in [0.25, 0.3) is 0 Å². The van der Waals surface area contributed by atoms with Crippen molar-refractivity contribution in [1.29, 1.82) is 0 Å². The molecule has 1 atom stereocenters. The summed E-state index contributed by atoms with van der Waals surface area (Å²) in [5, 5.41) is 0. The fourth-order valence-electron chi connectivity index (χ4n) is 1.31. The normalized spacial score (nSPS) is 12.4. The second-order valence-corrected chi connectivity index (χ2v) is 3.71. The molecular weight excluding hydrogens is 204 g/mol. The van der Waals surface area contributed by atoms with Gasteiger partial charge < -0.3 is 15.2 Å². The number of hydrogen-bond acceptors (Lipinski definition) is 4. The molecule has 0 bridgehead atoms. The van der Waals surface area contributed by atoms with Crippen LogP contribution in [0.3, 0.4) is 0 Å². The third-order valence-corrected chi connectivity index (χ3v) is 2.03. The number of ether oxygens (including phenoxy) is 2. The van der Waals surface area contributed by atoms with Crippen LogP contribution in [0.5, 0.6) is 5.75 Å². The van der Waals surface area contributed by atoms with Gasteiger partial charge in [-0.1, -0.05) is 0 Å². The van der Waals surface area contributed by atoms with E-state index < -0.39 is 0 Å². The van der Waals surface area contributed by atoms with Crippen molar-refractivity contribution in [2.24, 2.45) is 5.73 Å². The van der Waals surface area contributed by atoms with Gasteiger partial charge in [0.1, 0.15) is 12.4 Å². The smallest absolute Gasteiger partial charge is 0.137 e. The van der Waals surface area contributed by atoms with Crippen molar-refractivity contribution in [2.75, 3.05) is 19.8 Å². The van der Waals surface area contributed by atoms with Crippen molar-refractivity contribution in [3.05, 3.63) is 24.0 Å². The van der Waals surface area contributed by atoms with E-state index in [1.807, 2.05) is 26.0 Å². The Morgan fingerprint density at radius 2 is 2.19 bits per heavy atom. The maximum atomic E-state index is 5.69. The highest BCUT2D eigenvalue weighted by atomic mass is 16.5. The minimum atomic E-state index is 0.136. The molecule has 4 heteroatoms. The van der Waals surface area contributed by atoms with Crippen molar-refractivity contribution in [3.63, 3.8) is 0 Å². The molecule has 1 aromatic rings. The van der Waals surface area contributed by atoms with Gasteiger partial charge in [-0.15, -0.1) is 0 Å². The van der Waals surface area contributed by atoms with Crippen LogP contribution in [0, 0.1) is 0 Å². The highest BCUT2D eigenvalue weighted by Crippen LogP contribution is 2.09. The lowest BCUT2D eigenvalue weighted by atomic mass is 10.2. The van der Waals surface area contributed by atoms with Crippen molar-refractivity contribution in [3.8, 4) is 5.75 Å². The summed E-state index contributed by atoms with van der Waals surface area (Å²) in [7, 11) is 0. The molecule has 0 aliphatic heterocycles. The molecule has 0 aliphatic rings. The number of nitrogens with zero attached hydrogens (tertiary/aromatic N) is 1. The average Bonchev–Trinajstić information content (AvgIpc) is 2.26. The van der Waals surface area contributed by atoms with E-state index in [1.165, 1.54) is 0 Å². The third kappa shape index (κ3) is 5.09. The standard InChI is InChI=1S/C12H20N2O2/c1-3-15-6-7-16-12-5-4-11(14-9-12)8-10(2)13/h4-5,9-10H,3,6-8,13H2,1-2H3. The molecular formula is C12H20N2O2. The molecule has 1 rings (SSSR count). The topological polar surface area (TPSA) is 57.4 Å². The molecule has 0 amide bonds. The Morgan fingerprint density at radius 3 is 2.75 bits per heavy atom. The first-order valence-corrected chi connectivity index (χ1v) is 5.63. The van der Waals surface area contributed by atoms with E-state index >= 15 is 0 Å². The van der Waals surface area contributed by atoms with Crippen LogP contribution in [-0.2, 0) is 11.2 Å². The lowest BCUT2D eigenvalue weighted by Crippen LogP contribution is -2.18. The van der Waals surface area contributed by atoms with Gasteiger partial charge in [0.15, 0.2) is 0 Å². The Morgan fingerprint density at radius 1 is 1.38 bits per heavy atom. The summed E-state index contributed by atoms with van der Waals surface area (Å²) in [5.74, 6) is 0.771. The van der Waals surface area contributed by atoms with Crippen LogP contribution >= 0.6 is 0 Å². The van der Waals surface area contributed by atoms with Crippen molar-refractivity contribution in [1.82, 2.24) is 4.98 Å². The van der Waals surface area contributed by atoms with Crippen LogP contribution in [0.15, 0.2) is 18.3 Å². The molecule has 4 nitrogen and oxygen atoms in total. The monoisotopic (exact) mass is 224 g/mol. The number of rotatable bonds is 7. The van der Waals surface area contributed by atoms with E-state index in [-0.39, 0.29) is 6.04 Å². The predicted molar refractivity (Wildman–Crippen MR) is 63.6 cm³/mol. The van der Waals surface area contributed by atoms with Crippen molar-refractivity contribution < 1.29 is 9.47 Å². The van der Waals surface area contributed by atoms with E-state index in [9.17, 15) is 0 Å². The van der Waals surface area contributed by atoms with E-state index in [1.54, 1.807) is 6.20 Å². The van der Waals surface area contributed by atoms with Gasteiger partial charge in [0.05, 0.1) is 12.8 Å². The fourth-order valence-corrected chi connectivity index (χ4v) is 1.31. The molecule has 0 fully saturated rings. The maximum Gasteiger partial charge on any atom is 0.137 e. The zero-order chi connectivity index (χ0) is 11.8. The van der Waals surface area contributed by atoms with Crippen LogP contribution in [0.1, 0.15) is 19.5 Å². The Hall–Kier alpha value is -1.13. The largest absolute Gasteiger partial charge is 0.490 e. The van der Waals surface area contributed by atoms with Crippen LogP contribution in [0.4, 0.5) is 0 Å². The third-order valence-electron chi connectivity index (χ3n) is 2.03. The molecule has 1 unspecified atom stereocenters. The Bertz CT molecular complexity index is 286. The van der Waals surface area contributed by atoms with Crippen molar-refractivity contribution >= 4 is 0 Å². The minimum absolute atomic E-state index is 0.136. The van der Waals surface area contributed by atoms with E-state index in [4.69, 9.17) is 15.2 Å². The molecule has 0 aliphatic carbocycles. The number of nitrogens with two attached hydrogens (primary N) is 1. The molecule has 0 aromatic carbocycles. The van der Waals surface area contributed by atoms with E-state index in [0.29, 0.717) is 13.2 Å². The predicted octanol–water partition coefficient (Wildman–Crippen LogP) is 1.39. The van der Waals surface area contributed by atoms with Gasteiger partial charge in [-0.2, -0.15) is 0 Å². The molecule has 1 heterocycles. The number of aromatic nitrogens is 1. The first kappa shape index (κ1) is 12.9. The second kappa shape index (κ2) is 7.19. The lowest BCUT2D eigenvalue weighted by Gasteiger charge is -2.07. The summed E-state index contributed by atoms with van der Waals surface area (Å²) in [6.45, 7) is 5.81. The van der Waals surface area contributed by atoms with Gasteiger partial charge in [0.2, 0.25) is 0 Å². The molecule has 16 heavy (non-hydrogen) atoms. The molecule has 0 radical (unpaired) electrons. The molecule has 2 N–H and O–H groups in total. The Balaban J connectivity index is 2.33. The first-order chi connectivity index (χ1) is 7.72. The number of pyridine rings is 1. The van der Waals surface area contributed by atoms with E-state index in [0.717, 1.165) is 24.5 Å². The zero-order valence-electron chi connectivity index (χ0n) is 9.98. The molecule has 90 valence electrons. The van der Waals surface area contributed by atoms with Crippen LogP contribution in [-0.4, -0.2) is 30.8 Å². The zero-order valence-corrected chi connectivity index (χ0v) is 9.98. The second-order valence-electron chi connectivity index (χ2n) is 3.71. The Labute approximate surface area is 96.8 Å². The molecule has 0 spiro atoms. The quantitative estimate of drug-likeness (QED) is 0.711. The van der Waals surface area contributed by atoms with Gasteiger partial charge in [-0.05, 0) is 26.0 Å². The fraction of sp³-hybridized carbons (Fsp3) is 0.583. The SMILES string of the molecule is CCOCCOc1ccc(CC(C)N)nc1. The van der Waals surface area contributed by atoms with Gasteiger partial charge in [-0.25, -0.2) is 0 Å². The summed E-state index contributed by atoms with van der Waals surface area (Å²) >= 11 is 0. The minimum Gasteiger partial charge on any atom is -0.490 e. The van der Waals surface area contributed by atoms with Crippen molar-refractivity contribution in [2.45, 2.75) is 26.3 Å². The molecule has 1 aromatic heterocycles. The lowest BCUT2D eigenvalue weighted by molar-refractivity contribution is 0.110. The summed E-state index contributed by atoms with van der Waals surface area (Å²) < 4.78 is 10.6. The highest BCUT2D eigenvalue weighted by molar-refractivity contribution is 5.20. The first-order valence-electron chi connectivity index (χ1n) is 5.63. The summed E-state index contributed by atoms with van der Waals surface area (Å²) in [4.78, 5) is 4.27. The molecule has 0 saturated heterocycles. The van der Waals surface area contributed by atoms with Crippen LogP contribution in [0.2, 0.25) is 0 Å². The van der Waals surface area contributed by atoms with E-state index in [2.05, 4.69) is 4.98 Å². The average molecular weight is 224 g/mol. The van der Waals surface area contributed by atoms with Gasteiger partial charge >= 0.3 is 0 Å². The van der Waals surface area contributed by atoms with Crippen LogP contribution < -0.4 is 10.5 Å².